The van der Waals surface area contributed by atoms with Crippen LogP contribution in [0, 0.1) is 0 Å². The molecule has 0 radical (unpaired) electrons. The van der Waals surface area contributed by atoms with E-state index in [4.69, 9.17) is 9.47 Å². The topological polar surface area (TPSA) is 61.2 Å². The van der Waals surface area contributed by atoms with Crippen LogP contribution >= 0.6 is 0 Å². The summed E-state index contributed by atoms with van der Waals surface area (Å²) in [6.07, 6.45) is 2.99. The lowest BCUT2D eigenvalue weighted by atomic mass is 10.4. The van der Waals surface area contributed by atoms with Crippen LogP contribution in [-0.4, -0.2) is 48.5 Å². The molecule has 0 aliphatic carbocycles. The Kier molecular flexibility index (Phi) is 7.53. The van der Waals surface area contributed by atoms with E-state index in [9.17, 15) is 0 Å². The Morgan fingerprint density at radius 3 is 3.00 bits per heavy atom. The van der Waals surface area contributed by atoms with Crippen LogP contribution in [0.15, 0.2) is 6.20 Å². The first-order chi connectivity index (χ1) is 8.36. The minimum Gasteiger partial charge on any atom is -0.383 e. The van der Waals surface area contributed by atoms with E-state index in [1.807, 2.05) is 10.9 Å². The zero-order valence-corrected chi connectivity index (χ0v) is 10.7. The maximum atomic E-state index is 5.39. The van der Waals surface area contributed by atoms with Crippen LogP contribution in [0.1, 0.15) is 19.0 Å². The minimum atomic E-state index is 0.688. The molecule has 0 atom stereocenters. The van der Waals surface area contributed by atoms with E-state index in [0.717, 1.165) is 38.4 Å². The molecule has 0 saturated carbocycles. The Hall–Kier alpha value is -0.980. The minimum absolute atomic E-state index is 0.688. The lowest BCUT2D eigenvalue weighted by Crippen LogP contribution is -2.18. The van der Waals surface area contributed by atoms with E-state index in [1.54, 1.807) is 7.11 Å². The maximum absolute atomic E-state index is 5.39. The number of nitrogens with one attached hydrogen (secondary N) is 1. The van der Waals surface area contributed by atoms with Crippen LogP contribution in [0.25, 0.3) is 0 Å². The van der Waals surface area contributed by atoms with Gasteiger partial charge in [0, 0.05) is 33.0 Å². The van der Waals surface area contributed by atoms with Crippen molar-refractivity contribution in [2.45, 2.75) is 26.4 Å². The van der Waals surface area contributed by atoms with E-state index in [0.29, 0.717) is 13.2 Å². The lowest BCUT2D eigenvalue weighted by molar-refractivity contribution is 0.124. The van der Waals surface area contributed by atoms with Crippen LogP contribution in [0.5, 0.6) is 0 Å². The number of aromatic nitrogens is 3. The van der Waals surface area contributed by atoms with Crippen molar-refractivity contribution in [3.8, 4) is 0 Å². The molecule has 0 bridgehead atoms. The average Bonchev–Trinajstić information content (AvgIpc) is 2.78. The molecule has 0 spiro atoms. The highest BCUT2D eigenvalue weighted by molar-refractivity contribution is 4.91. The monoisotopic (exact) mass is 242 g/mol. The molecule has 1 aromatic heterocycles. The van der Waals surface area contributed by atoms with Crippen LogP contribution in [-0.2, 0) is 22.6 Å². The second kappa shape index (κ2) is 9.09. The molecule has 0 aromatic carbocycles. The van der Waals surface area contributed by atoms with Gasteiger partial charge in [-0.25, -0.2) is 4.68 Å². The largest absolute Gasteiger partial charge is 0.383 e. The molecular formula is C11H22N4O2. The molecule has 1 aromatic rings. The zero-order chi connectivity index (χ0) is 12.3. The molecule has 6 nitrogen and oxygen atoms in total. The first-order valence-electron chi connectivity index (χ1n) is 6.03. The summed E-state index contributed by atoms with van der Waals surface area (Å²) < 4.78 is 12.1. The quantitative estimate of drug-likeness (QED) is 0.603. The summed E-state index contributed by atoms with van der Waals surface area (Å²) in [6, 6.07) is 0. The third-order valence-corrected chi connectivity index (χ3v) is 2.19. The van der Waals surface area contributed by atoms with Gasteiger partial charge in [0.2, 0.25) is 0 Å². The molecule has 1 heterocycles. The van der Waals surface area contributed by atoms with Gasteiger partial charge in [-0.05, 0) is 6.42 Å². The summed E-state index contributed by atoms with van der Waals surface area (Å²) in [6.45, 7) is 6.60. The second-order valence-electron chi connectivity index (χ2n) is 3.75. The van der Waals surface area contributed by atoms with E-state index in [1.165, 1.54) is 0 Å². The van der Waals surface area contributed by atoms with Crippen molar-refractivity contribution in [2.75, 3.05) is 33.5 Å². The van der Waals surface area contributed by atoms with Crippen molar-refractivity contribution in [2.24, 2.45) is 0 Å². The van der Waals surface area contributed by atoms with E-state index >= 15 is 0 Å². The molecule has 17 heavy (non-hydrogen) atoms. The third-order valence-electron chi connectivity index (χ3n) is 2.19. The molecule has 1 rings (SSSR count). The number of hydrogen-bond acceptors (Lipinski definition) is 5. The second-order valence-corrected chi connectivity index (χ2v) is 3.75. The van der Waals surface area contributed by atoms with Gasteiger partial charge >= 0.3 is 0 Å². The van der Waals surface area contributed by atoms with Gasteiger partial charge in [-0.1, -0.05) is 12.1 Å². The summed E-state index contributed by atoms with van der Waals surface area (Å²) in [7, 11) is 1.69. The third kappa shape index (κ3) is 6.35. The highest BCUT2D eigenvalue weighted by atomic mass is 16.5. The smallest absolute Gasteiger partial charge is 0.0964 e. The molecule has 0 amide bonds. The fourth-order valence-corrected chi connectivity index (χ4v) is 1.32. The van der Waals surface area contributed by atoms with Crippen LogP contribution in [0.3, 0.4) is 0 Å². The van der Waals surface area contributed by atoms with Gasteiger partial charge < -0.3 is 14.8 Å². The van der Waals surface area contributed by atoms with Gasteiger partial charge in [0.25, 0.3) is 0 Å². The number of nitrogens with zero attached hydrogens (tertiary/aromatic N) is 3. The Bertz CT molecular complexity index is 264. The molecule has 0 aliphatic heterocycles. The van der Waals surface area contributed by atoms with Crippen LogP contribution < -0.4 is 5.32 Å². The van der Waals surface area contributed by atoms with Crippen LogP contribution in [0.4, 0.5) is 0 Å². The van der Waals surface area contributed by atoms with Gasteiger partial charge in [0.15, 0.2) is 0 Å². The highest BCUT2D eigenvalue weighted by Gasteiger charge is 1.99. The van der Waals surface area contributed by atoms with E-state index in [-0.39, 0.29) is 0 Å². The normalized spacial score (nSPS) is 10.9. The van der Waals surface area contributed by atoms with Crippen molar-refractivity contribution in [3.63, 3.8) is 0 Å². The number of ether oxygens (including phenoxy) is 2. The summed E-state index contributed by atoms with van der Waals surface area (Å²) in [5, 5.41) is 11.3. The molecule has 1 N–H and O–H groups in total. The van der Waals surface area contributed by atoms with Crippen molar-refractivity contribution >= 4 is 0 Å². The summed E-state index contributed by atoms with van der Waals surface area (Å²) in [5.41, 5.74) is 0.941. The highest BCUT2D eigenvalue weighted by Crippen LogP contribution is 1.93. The van der Waals surface area contributed by atoms with Gasteiger partial charge in [-0.2, -0.15) is 0 Å². The van der Waals surface area contributed by atoms with Crippen molar-refractivity contribution in [1.29, 1.82) is 0 Å². The standard InChI is InChI=1S/C11H22N4O2/c1-3-6-17-8-5-15-10-11(13-14-15)9-12-4-7-16-2/h10,12H,3-9H2,1-2H3. The number of methoxy groups -OCH3 is 1. The number of rotatable bonds is 10. The van der Waals surface area contributed by atoms with Gasteiger partial charge in [0.1, 0.15) is 0 Å². The molecule has 0 fully saturated rings. The van der Waals surface area contributed by atoms with Crippen molar-refractivity contribution < 1.29 is 9.47 Å². The molecule has 0 saturated heterocycles. The first kappa shape index (κ1) is 14.1. The summed E-state index contributed by atoms with van der Waals surface area (Å²) in [4.78, 5) is 0. The van der Waals surface area contributed by atoms with Gasteiger partial charge in [0.05, 0.1) is 25.5 Å². The fraction of sp³-hybridized carbons (Fsp3) is 0.818. The lowest BCUT2D eigenvalue weighted by Gasteiger charge is -2.01. The Morgan fingerprint density at radius 1 is 1.35 bits per heavy atom. The molecule has 6 heteroatoms. The van der Waals surface area contributed by atoms with E-state index in [2.05, 4.69) is 22.6 Å². The molecular weight excluding hydrogens is 220 g/mol. The summed E-state index contributed by atoms with van der Waals surface area (Å²) >= 11 is 0. The number of hydrogen-bond donors (Lipinski definition) is 1. The predicted molar refractivity (Wildman–Crippen MR) is 64.7 cm³/mol. The first-order valence-corrected chi connectivity index (χ1v) is 6.03. The predicted octanol–water partition coefficient (Wildman–Crippen LogP) is 0.441. The van der Waals surface area contributed by atoms with Gasteiger partial charge in [-0.15, -0.1) is 5.10 Å². The Balaban J connectivity index is 2.14. The Morgan fingerprint density at radius 2 is 2.24 bits per heavy atom. The SMILES string of the molecule is CCCOCCn1cc(CNCCOC)nn1. The van der Waals surface area contributed by atoms with E-state index < -0.39 is 0 Å². The summed E-state index contributed by atoms with van der Waals surface area (Å²) in [5.74, 6) is 0. The van der Waals surface area contributed by atoms with Crippen LogP contribution in [0.2, 0.25) is 0 Å². The Labute approximate surface area is 102 Å². The zero-order valence-electron chi connectivity index (χ0n) is 10.7. The molecule has 0 aliphatic rings. The van der Waals surface area contributed by atoms with Gasteiger partial charge in [-0.3, -0.25) is 0 Å². The molecule has 0 unspecified atom stereocenters. The molecule has 98 valence electrons. The van der Waals surface area contributed by atoms with Crippen molar-refractivity contribution in [3.05, 3.63) is 11.9 Å². The van der Waals surface area contributed by atoms with Crippen molar-refractivity contribution in [1.82, 2.24) is 20.3 Å². The average molecular weight is 242 g/mol. The fourth-order valence-electron chi connectivity index (χ4n) is 1.32. The maximum Gasteiger partial charge on any atom is 0.0964 e.